The molecule has 8 unspecified atom stereocenters. The molecule has 0 aromatic rings. The van der Waals surface area contributed by atoms with Crippen molar-refractivity contribution in [3.8, 4) is 0 Å². The third-order valence-corrected chi connectivity index (χ3v) is 7.50. The molecule has 2 heterocycles. The molecule has 1 saturated carbocycles. The number of rotatable bonds is 4. The monoisotopic (exact) mass is 478 g/mol. The first kappa shape index (κ1) is 26.4. The van der Waals surface area contributed by atoms with Gasteiger partial charge in [-0.25, -0.2) is 0 Å². The number of fused-ring (bicyclic) bond motifs is 5. The summed E-state index contributed by atoms with van der Waals surface area (Å²) in [6, 6.07) is 0. The van der Waals surface area contributed by atoms with E-state index in [1.807, 2.05) is 13.0 Å². The van der Waals surface area contributed by atoms with Gasteiger partial charge in [0.05, 0.1) is 12.2 Å². The minimum atomic E-state index is -1.56. The average molecular weight is 479 g/mol. The van der Waals surface area contributed by atoms with Crippen molar-refractivity contribution in [3.05, 3.63) is 23.8 Å². The Morgan fingerprint density at radius 3 is 2.29 bits per heavy atom. The maximum atomic E-state index is 12.0. The highest BCUT2D eigenvalue weighted by atomic mass is 16.6. The molecule has 8 nitrogen and oxygen atoms in total. The van der Waals surface area contributed by atoms with Crippen molar-refractivity contribution in [3.63, 3.8) is 0 Å². The van der Waals surface area contributed by atoms with Crippen molar-refractivity contribution in [2.45, 2.75) is 103 Å². The summed E-state index contributed by atoms with van der Waals surface area (Å²) in [6.07, 6.45) is 0.842. The molecular formula is C26H38O8. The van der Waals surface area contributed by atoms with E-state index in [0.717, 1.165) is 11.1 Å². The Bertz CT molecular complexity index is 885. The van der Waals surface area contributed by atoms with Gasteiger partial charge in [-0.1, -0.05) is 23.8 Å². The molecule has 34 heavy (non-hydrogen) atoms. The van der Waals surface area contributed by atoms with Gasteiger partial charge in [0.2, 0.25) is 0 Å². The van der Waals surface area contributed by atoms with Crippen LogP contribution < -0.4 is 0 Å². The van der Waals surface area contributed by atoms with Crippen LogP contribution in [0, 0.1) is 17.8 Å². The predicted octanol–water partition coefficient (Wildman–Crippen LogP) is 3.26. The molecular weight excluding hydrogens is 440 g/mol. The fourth-order valence-electron chi connectivity index (χ4n) is 6.39. The number of hydrogen-bond acceptors (Lipinski definition) is 8. The summed E-state index contributed by atoms with van der Waals surface area (Å²) in [5, 5.41) is 11.9. The number of esters is 3. The van der Waals surface area contributed by atoms with E-state index in [1.54, 1.807) is 20.8 Å². The largest absolute Gasteiger partial charge is 0.462 e. The van der Waals surface area contributed by atoms with E-state index in [4.69, 9.17) is 18.9 Å². The minimum absolute atomic E-state index is 0.164. The van der Waals surface area contributed by atoms with Gasteiger partial charge in [-0.15, -0.1) is 0 Å². The molecule has 0 spiro atoms. The van der Waals surface area contributed by atoms with E-state index in [-0.39, 0.29) is 12.0 Å². The van der Waals surface area contributed by atoms with Gasteiger partial charge in [0.15, 0.2) is 0 Å². The molecule has 3 rings (SSSR count). The Morgan fingerprint density at radius 1 is 1.12 bits per heavy atom. The Kier molecular flexibility index (Phi) is 7.35. The molecule has 2 aliphatic heterocycles. The first-order valence-corrected chi connectivity index (χ1v) is 11.9. The van der Waals surface area contributed by atoms with Gasteiger partial charge in [-0.2, -0.15) is 0 Å². The molecule has 0 aromatic heterocycles. The zero-order valence-electron chi connectivity index (χ0n) is 21.3. The number of aliphatic hydroxyl groups is 1. The molecule has 0 amide bonds. The lowest BCUT2D eigenvalue weighted by Gasteiger charge is -2.50. The van der Waals surface area contributed by atoms with E-state index < -0.39 is 59.3 Å². The van der Waals surface area contributed by atoms with Gasteiger partial charge < -0.3 is 24.1 Å². The summed E-state index contributed by atoms with van der Waals surface area (Å²) in [5.74, 6) is -2.45. The zero-order chi connectivity index (χ0) is 25.6. The Morgan fingerprint density at radius 2 is 1.74 bits per heavy atom. The SMILES string of the molecule is C=C1CC(OC(C)=O)C(C(C)(C)OC(C)=O)C2C1C1CC(C)=CCC(OC(C)=O)C(C)(O)C2O1. The van der Waals surface area contributed by atoms with Crippen LogP contribution in [-0.4, -0.2) is 58.6 Å². The van der Waals surface area contributed by atoms with Crippen LogP contribution >= 0.6 is 0 Å². The van der Waals surface area contributed by atoms with Crippen LogP contribution in [-0.2, 0) is 33.3 Å². The van der Waals surface area contributed by atoms with Gasteiger partial charge >= 0.3 is 17.9 Å². The first-order chi connectivity index (χ1) is 15.6. The quantitative estimate of drug-likeness (QED) is 0.373. The van der Waals surface area contributed by atoms with Crippen LogP contribution in [0.15, 0.2) is 23.8 Å². The van der Waals surface area contributed by atoms with Gasteiger partial charge in [0.1, 0.15) is 23.4 Å². The average Bonchev–Trinajstić information content (AvgIpc) is 3.03. The highest BCUT2D eigenvalue weighted by Crippen LogP contribution is 2.56. The summed E-state index contributed by atoms with van der Waals surface area (Å²) >= 11 is 0. The Labute approximate surface area is 201 Å². The van der Waals surface area contributed by atoms with Crippen LogP contribution in [0.1, 0.15) is 67.7 Å². The van der Waals surface area contributed by atoms with Crippen LogP contribution in [0.5, 0.6) is 0 Å². The van der Waals surface area contributed by atoms with Crippen LogP contribution in [0.25, 0.3) is 0 Å². The molecule has 2 fully saturated rings. The van der Waals surface area contributed by atoms with Crippen molar-refractivity contribution >= 4 is 17.9 Å². The Balaban J connectivity index is 2.17. The predicted molar refractivity (Wildman–Crippen MR) is 123 cm³/mol. The van der Waals surface area contributed by atoms with E-state index in [1.165, 1.54) is 20.8 Å². The second kappa shape index (κ2) is 9.46. The molecule has 1 saturated heterocycles. The molecule has 0 radical (unpaired) electrons. The van der Waals surface area contributed by atoms with E-state index in [0.29, 0.717) is 19.3 Å². The summed E-state index contributed by atoms with van der Waals surface area (Å²) in [5.41, 5.74) is -0.668. The number of carbonyl (C=O) groups excluding carboxylic acids is 3. The van der Waals surface area contributed by atoms with Crippen molar-refractivity contribution < 1.29 is 38.4 Å². The standard InChI is InChI=1S/C26H38O8/c1-13-9-10-20(32-16(4)28)26(8,30)24-22-21(18(11-13)33-24)14(2)12-19(31-15(3)27)23(22)25(6,7)34-17(5)29/h9,18-24,30H,2,10-12H2,1,3-8H3. The maximum absolute atomic E-state index is 12.0. The molecule has 0 aromatic carbocycles. The summed E-state index contributed by atoms with van der Waals surface area (Å²) in [4.78, 5) is 35.9. The second-order valence-electron chi connectivity index (χ2n) is 10.7. The van der Waals surface area contributed by atoms with Crippen molar-refractivity contribution in [2.24, 2.45) is 17.8 Å². The van der Waals surface area contributed by atoms with Crippen LogP contribution in [0.2, 0.25) is 0 Å². The lowest BCUT2D eigenvalue weighted by molar-refractivity contribution is -0.205. The molecule has 1 N–H and O–H groups in total. The topological polar surface area (TPSA) is 108 Å². The number of carbonyl (C=O) groups is 3. The summed E-state index contributed by atoms with van der Waals surface area (Å²) in [7, 11) is 0. The smallest absolute Gasteiger partial charge is 0.303 e. The minimum Gasteiger partial charge on any atom is -0.462 e. The van der Waals surface area contributed by atoms with Gasteiger partial charge in [-0.3, -0.25) is 14.4 Å². The summed E-state index contributed by atoms with van der Waals surface area (Å²) in [6.45, 7) is 15.5. The molecule has 3 aliphatic rings. The Hall–Kier alpha value is -2.19. The lowest BCUT2D eigenvalue weighted by Crippen LogP contribution is -2.60. The zero-order valence-corrected chi connectivity index (χ0v) is 21.3. The molecule has 1 aliphatic carbocycles. The third-order valence-electron chi connectivity index (χ3n) is 7.50. The van der Waals surface area contributed by atoms with Crippen LogP contribution in [0.4, 0.5) is 0 Å². The normalized spacial score (nSPS) is 37.9. The van der Waals surface area contributed by atoms with E-state index in [9.17, 15) is 19.5 Å². The number of ether oxygens (including phenoxy) is 4. The maximum Gasteiger partial charge on any atom is 0.303 e. The second-order valence-corrected chi connectivity index (χ2v) is 10.7. The van der Waals surface area contributed by atoms with Crippen molar-refractivity contribution in [1.29, 1.82) is 0 Å². The van der Waals surface area contributed by atoms with Crippen molar-refractivity contribution in [1.82, 2.24) is 0 Å². The van der Waals surface area contributed by atoms with E-state index >= 15 is 0 Å². The third kappa shape index (κ3) is 5.08. The highest BCUT2D eigenvalue weighted by molar-refractivity contribution is 5.67. The lowest BCUT2D eigenvalue weighted by atomic mass is 9.58. The fraction of sp³-hybridized carbons (Fsp3) is 0.731. The molecule has 8 heteroatoms. The van der Waals surface area contributed by atoms with E-state index in [2.05, 4.69) is 6.58 Å². The molecule has 190 valence electrons. The highest BCUT2D eigenvalue weighted by Gasteiger charge is 2.64. The van der Waals surface area contributed by atoms with Gasteiger partial charge in [-0.05, 0) is 34.1 Å². The molecule has 2 bridgehead atoms. The fourth-order valence-corrected chi connectivity index (χ4v) is 6.39. The van der Waals surface area contributed by atoms with Crippen LogP contribution in [0.3, 0.4) is 0 Å². The number of hydrogen-bond donors (Lipinski definition) is 1. The summed E-state index contributed by atoms with van der Waals surface area (Å²) < 4.78 is 23.6. The van der Waals surface area contributed by atoms with Gasteiger partial charge in [0, 0.05) is 51.4 Å². The molecule has 8 atom stereocenters. The van der Waals surface area contributed by atoms with Crippen molar-refractivity contribution in [2.75, 3.05) is 0 Å². The first-order valence-electron chi connectivity index (χ1n) is 11.9. The van der Waals surface area contributed by atoms with Gasteiger partial charge in [0.25, 0.3) is 0 Å².